The molecule has 0 saturated heterocycles. The van der Waals surface area contributed by atoms with Gasteiger partial charge in [-0.2, -0.15) is 0 Å². The number of hydrogen-bond donors (Lipinski definition) is 2. The fraction of sp³-hybridized carbons (Fsp3) is 0.500. The molecule has 2 rings (SSSR count). The Labute approximate surface area is 107 Å². The van der Waals surface area contributed by atoms with E-state index in [2.05, 4.69) is 12.2 Å². The zero-order chi connectivity index (χ0) is 13.1. The number of hydrogen-bond acceptors (Lipinski definition) is 2. The van der Waals surface area contributed by atoms with Crippen molar-refractivity contribution in [2.24, 2.45) is 5.92 Å². The predicted molar refractivity (Wildman–Crippen MR) is 69.7 cm³/mol. The maximum absolute atomic E-state index is 12.9. The number of carbonyl (C=O) groups excluding carboxylic acids is 1. The van der Waals surface area contributed by atoms with E-state index < -0.39 is 5.82 Å². The van der Waals surface area contributed by atoms with Gasteiger partial charge in [-0.3, -0.25) is 4.79 Å². The lowest BCUT2D eigenvalue weighted by molar-refractivity contribution is 0.0933. The molecule has 1 fully saturated rings. The van der Waals surface area contributed by atoms with Crippen molar-refractivity contribution in [1.82, 2.24) is 5.32 Å². The van der Waals surface area contributed by atoms with Gasteiger partial charge in [0.1, 0.15) is 5.82 Å². The highest BCUT2D eigenvalue weighted by Crippen LogP contribution is 2.34. The molecular weight excluding hydrogens is 231 g/mol. The fourth-order valence-electron chi connectivity index (χ4n) is 2.09. The molecule has 18 heavy (non-hydrogen) atoms. The Balaban J connectivity index is 2.00. The predicted octanol–water partition coefficient (Wildman–Crippen LogP) is 2.72. The molecule has 1 amide bonds. The number of carbonyl (C=O) groups is 1. The Hall–Kier alpha value is -1.58. The van der Waals surface area contributed by atoms with Crippen LogP contribution in [0.1, 0.15) is 43.0 Å². The first-order chi connectivity index (χ1) is 8.60. The summed E-state index contributed by atoms with van der Waals surface area (Å²) in [6, 6.07) is 4.06. The summed E-state index contributed by atoms with van der Waals surface area (Å²) in [5.74, 6) is 0.134. The second kappa shape index (κ2) is 5.38. The number of rotatable bonds is 5. The Kier molecular flexibility index (Phi) is 3.84. The normalized spacial score (nSPS) is 16.3. The van der Waals surface area contributed by atoms with E-state index in [-0.39, 0.29) is 17.6 Å². The van der Waals surface area contributed by atoms with Gasteiger partial charge in [0, 0.05) is 11.7 Å². The standard InChI is InChI=1S/C14H19FN2O/c1-2-11(7-9-3-4-9)17-14(18)12-6-5-10(15)8-13(12)16/h5-6,8-9,11H,2-4,7,16H2,1H3,(H,17,18). The number of anilines is 1. The molecular formula is C14H19FN2O. The molecule has 1 aliphatic rings. The van der Waals surface area contributed by atoms with Crippen LogP contribution in [0.3, 0.4) is 0 Å². The smallest absolute Gasteiger partial charge is 0.253 e. The topological polar surface area (TPSA) is 55.1 Å². The molecule has 1 atom stereocenters. The second-order valence-electron chi connectivity index (χ2n) is 4.99. The number of nitrogens with one attached hydrogen (secondary N) is 1. The van der Waals surface area contributed by atoms with E-state index in [4.69, 9.17) is 5.73 Å². The van der Waals surface area contributed by atoms with E-state index in [1.54, 1.807) is 0 Å². The second-order valence-corrected chi connectivity index (χ2v) is 4.99. The largest absolute Gasteiger partial charge is 0.398 e. The van der Waals surface area contributed by atoms with E-state index >= 15 is 0 Å². The van der Waals surface area contributed by atoms with Crippen LogP contribution in [0, 0.1) is 11.7 Å². The maximum atomic E-state index is 12.9. The number of nitrogen functional groups attached to an aromatic ring is 1. The molecule has 98 valence electrons. The van der Waals surface area contributed by atoms with Gasteiger partial charge in [0.2, 0.25) is 0 Å². The lowest BCUT2D eigenvalue weighted by Gasteiger charge is -2.17. The number of halogens is 1. The van der Waals surface area contributed by atoms with Crippen LogP contribution in [0.2, 0.25) is 0 Å². The van der Waals surface area contributed by atoms with Gasteiger partial charge < -0.3 is 11.1 Å². The van der Waals surface area contributed by atoms with Crippen molar-refractivity contribution in [3.05, 3.63) is 29.6 Å². The summed E-state index contributed by atoms with van der Waals surface area (Å²) < 4.78 is 12.9. The van der Waals surface area contributed by atoms with Crippen molar-refractivity contribution >= 4 is 11.6 Å². The van der Waals surface area contributed by atoms with E-state index in [1.165, 1.54) is 31.0 Å². The Bertz CT molecular complexity index is 443. The lowest BCUT2D eigenvalue weighted by Crippen LogP contribution is -2.35. The molecule has 0 radical (unpaired) electrons. The molecule has 0 aromatic heterocycles. The minimum Gasteiger partial charge on any atom is -0.398 e. The van der Waals surface area contributed by atoms with Crippen molar-refractivity contribution in [2.75, 3.05) is 5.73 Å². The van der Waals surface area contributed by atoms with Gasteiger partial charge >= 0.3 is 0 Å². The lowest BCUT2D eigenvalue weighted by atomic mass is 10.1. The van der Waals surface area contributed by atoms with Crippen LogP contribution < -0.4 is 11.1 Å². The fourth-order valence-corrected chi connectivity index (χ4v) is 2.09. The van der Waals surface area contributed by atoms with E-state index in [9.17, 15) is 9.18 Å². The molecule has 3 N–H and O–H groups in total. The molecule has 1 saturated carbocycles. The van der Waals surface area contributed by atoms with Crippen molar-refractivity contribution < 1.29 is 9.18 Å². The summed E-state index contributed by atoms with van der Waals surface area (Å²) in [6.45, 7) is 2.06. The summed E-state index contributed by atoms with van der Waals surface area (Å²) >= 11 is 0. The van der Waals surface area contributed by atoms with Crippen LogP contribution in [-0.4, -0.2) is 11.9 Å². The third kappa shape index (κ3) is 3.22. The van der Waals surface area contributed by atoms with Crippen molar-refractivity contribution in [3.8, 4) is 0 Å². The van der Waals surface area contributed by atoms with Crippen LogP contribution in [0.25, 0.3) is 0 Å². The van der Waals surface area contributed by atoms with Crippen LogP contribution in [0.5, 0.6) is 0 Å². The molecule has 1 aromatic carbocycles. The number of amides is 1. The van der Waals surface area contributed by atoms with Crippen molar-refractivity contribution in [2.45, 2.75) is 38.6 Å². The van der Waals surface area contributed by atoms with E-state index in [0.717, 1.165) is 18.8 Å². The third-order valence-corrected chi connectivity index (χ3v) is 3.40. The highest BCUT2D eigenvalue weighted by molar-refractivity contribution is 5.99. The molecule has 3 nitrogen and oxygen atoms in total. The van der Waals surface area contributed by atoms with Crippen LogP contribution in [0.4, 0.5) is 10.1 Å². The van der Waals surface area contributed by atoms with Crippen LogP contribution in [0.15, 0.2) is 18.2 Å². The highest BCUT2D eigenvalue weighted by Gasteiger charge is 2.25. The van der Waals surface area contributed by atoms with E-state index in [1.807, 2.05) is 0 Å². The first-order valence-corrected chi connectivity index (χ1v) is 6.46. The monoisotopic (exact) mass is 250 g/mol. The average Bonchev–Trinajstić information content (AvgIpc) is 3.11. The van der Waals surface area contributed by atoms with Crippen LogP contribution >= 0.6 is 0 Å². The molecule has 1 aromatic rings. The number of benzene rings is 1. The summed E-state index contributed by atoms with van der Waals surface area (Å²) in [6.07, 6.45) is 4.47. The van der Waals surface area contributed by atoms with Gasteiger partial charge in [0.25, 0.3) is 5.91 Å². The van der Waals surface area contributed by atoms with E-state index in [0.29, 0.717) is 5.56 Å². The third-order valence-electron chi connectivity index (χ3n) is 3.40. The summed E-state index contributed by atoms with van der Waals surface area (Å²) in [5, 5.41) is 2.97. The molecule has 0 heterocycles. The molecule has 4 heteroatoms. The maximum Gasteiger partial charge on any atom is 0.253 e. The first-order valence-electron chi connectivity index (χ1n) is 6.46. The van der Waals surface area contributed by atoms with Crippen molar-refractivity contribution in [3.63, 3.8) is 0 Å². The van der Waals surface area contributed by atoms with Gasteiger partial charge in [-0.05, 0) is 37.0 Å². The highest BCUT2D eigenvalue weighted by atomic mass is 19.1. The Morgan fingerprint density at radius 3 is 2.83 bits per heavy atom. The SMILES string of the molecule is CCC(CC1CC1)NC(=O)c1ccc(F)cc1N. The summed E-state index contributed by atoms with van der Waals surface area (Å²) in [5.41, 5.74) is 6.19. The Morgan fingerprint density at radius 1 is 1.56 bits per heavy atom. The zero-order valence-corrected chi connectivity index (χ0v) is 10.6. The summed E-state index contributed by atoms with van der Waals surface area (Å²) in [4.78, 5) is 12.0. The molecule has 1 unspecified atom stereocenters. The van der Waals surface area contributed by atoms with Gasteiger partial charge in [0.05, 0.1) is 5.56 Å². The van der Waals surface area contributed by atoms with Gasteiger partial charge in [-0.15, -0.1) is 0 Å². The Morgan fingerprint density at radius 2 is 2.28 bits per heavy atom. The van der Waals surface area contributed by atoms with Crippen LogP contribution in [-0.2, 0) is 0 Å². The van der Waals surface area contributed by atoms with Crippen molar-refractivity contribution in [1.29, 1.82) is 0 Å². The molecule has 0 bridgehead atoms. The average molecular weight is 250 g/mol. The van der Waals surface area contributed by atoms with Gasteiger partial charge in [-0.1, -0.05) is 19.8 Å². The first kappa shape index (κ1) is 12.9. The molecule has 1 aliphatic carbocycles. The molecule has 0 aliphatic heterocycles. The van der Waals surface area contributed by atoms with Gasteiger partial charge in [-0.25, -0.2) is 4.39 Å². The molecule has 0 spiro atoms. The summed E-state index contributed by atoms with van der Waals surface area (Å²) in [7, 11) is 0. The van der Waals surface area contributed by atoms with Gasteiger partial charge in [0.15, 0.2) is 0 Å². The minimum atomic E-state index is -0.422. The minimum absolute atomic E-state index is 0.189. The zero-order valence-electron chi connectivity index (χ0n) is 10.6. The number of nitrogens with two attached hydrogens (primary N) is 1. The quantitative estimate of drug-likeness (QED) is 0.789.